The molecule has 3 nitrogen and oxygen atoms in total. The van der Waals surface area contributed by atoms with Crippen LogP contribution in [0.1, 0.15) is 30.7 Å². The summed E-state index contributed by atoms with van der Waals surface area (Å²) in [7, 11) is 0. The molecule has 3 heteroatoms. The predicted octanol–water partition coefficient (Wildman–Crippen LogP) is 4.65. The van der Waals surface area contributed by atoms with E-state index in [2.05, 4.69) is 51.0 Å². The van der Waals surface area contributed by atoms with Gasteiger partial charge in [0.1, 0.15) is 0 Å². The van der Waals surface area contributed by atoms with Crippen molar-refractivity contribution in [2.24, 2.45) is 5.92 Å². The summed E-state index contributed by atoms with van der Waals surface area (Å²) in [6.07, 6.45) is 0.844. The van der Waals surface area contributed by atoms with Crippen LogP contribution in [0.2, 0.25) is 0 Å². The van der Waals surface area contributed by atoms with Crippen molar-refractivity contribution in [1.82, 2.24) is 9.78 Å². The average molecular weight is 320 g/mol. The highest BCUT2D eigenvalue weighted by atomic mass is 16.1. The summed E-state index contributed by atoms with van der Waals surface area (Å²) >= 11 is 0. The standard InChI is InChI=1S/C21H24N2O/c1-14(2)13-19-20(17-11-9-15(3)10-12-17)21(24)22-23(19)18-8-6-5-7-16(18)4/h5-12,14H,13H2,1-4H3,(H,22,24). The van der Waals surface area contributed by atoms with Crippen LogP contribution in [0.4, 0.5) is 0 Å². The molecule has 0 aliphatic carbocycles. The van der Waals surface area contributed by atoms with Crippen molar-refractivity contribution in [3.8, 4) is 16.8 Å². The highest BCUT2D eigenvalue weighted by Gasteiger charge is 2.19. The molecule has 0 unspecified atom stereocenters. The zero-order chi connectivity index (χ0) is 17.3. The molecule has 0 saturated heterocycles. The van der Waals surface area contributed by atoms with Gasteiger partial charge in [-0.2, -0.15) is 0 Å². The number of rotatable bonds is 4. The van der Waals surface area contributed by atoms with E-state index in [1.807, 2.05) is 35.0 Å². The van der Waals surface area contributed by atoms with E-state index in [1.54, 1.807) is 0 Å². The number of aromatic amines is 1. The van der Waals surface area contributed by atoms with Crippen LogP contribution in [0.25, 0.3) is 16.8 Å². The van der Waals surface area contributed by atoms with Gasteiger partial charge in [0, 0.05) is 0 Å². The normalized spacial score (nSPS) is 11.2. The minimum absolute atomic E-state index is 0.0299. The van der Waals surface area contributed by atoms with Crippen molar-refractivity contribution in [3.05, 3.63) is 75.7 Å². The van der Waals surface area contributed by atoms with E-state index in [4.69, 9.17) is 0 Å². The first-order valence-corrected chi connectivity index (χ1v) is 8.44. The Morgan fingerprint density at radius 1 is 1.00 bits per heavy atom. The Balaban J connectivity index is 2.25. The van der Waals surface area contributed by atoms with Gasteiger partial charge in [-0.3, -0.25) is 14.6 Å². The third-order valence-corrected chi connectivity index (χ3v) is 4.30. The number of aromatic nitrogens is 2. The summed E-state index contributed by atoms with van der Waals surface area (Å²) < 4.78 is 1.97. The first kappa shape index (κ1) is 16.3. The van der Waals surface area contributed by atoms with Crippen LogP contribution in [0.5, 0.6) is 0 Å². The first-order chi connectivity index (χ1) is 11.5. The van der Waals surface area contributed by atoms with Crippen molar-refractivity contribution in [1.29, 1.82) is 0 Å². The summed E-state index contributed by atoms with van der Waals surface area (Å²) in [6, 6.07) is 16.3. The maximum atomic E-state index is 12.7. The zero-order valence-electron chi connectivity index (χ0n) is 14.8. The number of hydrogen-bond acceptors (Lipinski definition) is 1. The topological polar surface area (TPSA) is 37.8 Å². The fourth-order valence-electron chi connectivity index (χ4n) is 3.09. The van der Waals surface area contributed by atoms with Crippen LogP contribution >= 0.6 is 0 Å². The molecule has 1 N–H and O–H groups in total. The Kier molecular flexibility index (Phi) is 4.43. The van der Waals surface area contributed by atoms with Gasteiger partial charge in [-0.25, -0.2) is 0 Å². The Bertz CT molecular complexity index is 898. The smallest absolute Gasteiger partial charge is 0.267 e. The molecular weight excluding hydrogens is 296 g/mol. The zero-order valence-corrected chi connectivity index (χ0v) is 14.8. The number of nitrogens with zero attached hydrogens (tertiary/aromatic N) is 1. The van der Waals surface area contributed by atoms with Crippen LogP contribution < -0.4 is 5.56 Å². The van der Waals surface area contributed by atoms with Crippen molar-refractivity contribution in [3.63, 3.8) is 0 Å². The largest absolute Gasteiger partial charge is 0.272 e. The van der Waals surface area contributed by atoms with E-state index < -0.39 is 0 Å². The van der Waals surface area contributed by atoms with Crippen molar-refractivity contribution < 1.29 is 0 Å². The number of aryl methyl sites for hydroxylation is 2. The monoisotopic (exact) mass is 320 g/mol. The molecule has 0 radical (unpaired) electrons. The third kappa shape index (κ3) is 3.07. The summed E-state index contributed by atoms with van der Waals surface area (Å²) in [6.45, 7) is 8.48. The molecule has 0 atom stereocenters. The van der Waals surface area contributed by atoms with E-state index in [9.17, 15) is 4.79 Å². The second-order valence-corrected chi connectivity index (χ2v) is 6.85. The molecule has 0 amide bonds. The van der Waals surface area contributed by atoms with Gasteiger partial charge in [0.05, 0.1) is 16.9 Å². The van der Waals surface area contributed by atoms with Crippen molar-refractivity contribution in [2.45, 2.75) is 34.1 Å². The Hall–Kier alpha value is -2.55. The molecule has 0 spiro atoms. The average Bonchev–Trinajstić information content (AvgIpc) is 2.84. The van der Waals surface area contributed by atoms with Crippen LogP contribution in [0.3, 0.4) is 0 Å². The molecule has 0 bridgehead atoms. The molecule has 2 aromatic carbocycles. The molecule has 0 aliphatic heterocycles. The van der Waals surface area contributed by atoms with Gasteiger partial charge >= 0.3 is 0 Å². The molecule has 3 rings (SSSR count). The van der Waals surface area contributed by atoms with Crippen LogP contribution in [-0.4, -0.2) is 9.78 Å². The van der Waals surface area contributed by atoms with Gasteiger partial charge in [-0.1, -0.05) is 61.9 Å². The van der Waals surface area contributed by atoms with Gasteiger partial charge in [0.15, 0.2) is 0 Å². The van der Waals surface area contributed by atoms with Crippen LogP contribution in [0.15, 0.2) is 53.3 Å². The third-order valence-electron chi connectivity index (χ3n) is 4.30. The predicted molar refractivity (Wildman–Crippen MR) is 99.8 cm³/mol. The van der Waals surface area contributed by atoms with Gasteiger partial charge < -0.3 is 0 Å². The minimum Gasteiger partial charge on any atom is -0.267 e. The number of nitrogens with one attached hydrogen (secondary N) is 1. The highest BCUT2D eigenvalue weighted by molar-refractivity contribution is 5.67. The van der Waals surface area contributed by atoms with E-state index in [-0.39, 0.29) is 5.56 Å². The summed E-state index contributed by atoms with van der Waals surface area (Å²) in [5.41, 5.74) is 6.15. The molecule has 124 valence electrons. The molecule has 1 heterocycles. The lowest BCUT2D eigenvalue weighted by Crippen LogP contribution is -2.08. The van der Waals surface area contributed by atoms with E-state index >= 15 is 0 Å². The van der Waals surface area contributed by atoms with Crippen LogP contribution in [0, 0.1) is 19.8 Å². The molecular formula is C21H24N2O. The summed E-state index contributed by atoms with van der Waals surface area (Å²) in [5, 5.41) is 3.05. The SMILES string of the molecule is Cc1ccc(-c2c(CC(C)C)n(-c3ccccc3C)[nH]c2=O)cc1. The maximum Gasteiger partial charge on any atom is 0.272 e. The molecule has 0 fully saturated rings. The first-order valence-electron chi connectivity index (χ1n) is 8.44. The second-order valence-electron chi connectivity index (χ2n) is 6.85. The lowest BCUT2D eigenvalue weighted by molar-refractivity contribution is 0.616. The Labute approximate surface area is 143 Å². The van der Waals surface area contributed by atoms with E-state index in [0.29, 0.717) is 5.92 Å². The number of benzene rings is 2. The molecule has 3 aromatic rings. The maximum absolute atomic E-state index is 12.7. The van der Waals surface area contributed by atoms with E-state index in [1.165, 1.54) is 5.56 Å². The van der Waals surface area contributed by atoms with Gasteiger partial charge in [0.2, 0.25) is 0 Å². The number of H-pyrrole nitrogens is 1. The number of hydrogen-bond donors (Lipinski definition) is 1. The molecule has 0 aliphatic rings. The fourth-order valence-corrected chi connectivity index (χ4v) is 3.09. The van der Waals surface area contributed by atoms with Gasteiger partial charge in [-0.05, 0) is 43.4 Å². The second kappa shape index (κ2) is 6.52. The minimum atomic E-state index is -0.0299. The Morgan fingerprint density at radius 2 is 1.67 bits per heavy atom. The molecule has 0 saturated carbocycles. The van der Waals surface area contributed by atoms with Gasteiger partial charge in [0.25, 0.3) is 5.56 Å². The summed E-state index contributed by atoms with van der Waals surface area (Å²) in [5.74, 6) is 0.458. The number of para-hydroxylation sites is 1. The summed E-state index contributed by atoms with van der Waals surface area (Å²) in [4.78, 5) is 12.7. The molecule has 24 heavy (non-hydrogen) atoms. The highest BCUT2D eigenvalue weighted by Crippen LogP contribution is 2.26. The Morgan fingerprint density at radius 3 is 2.29 bits per heavy atom. The lowest BCUT2D eigenvalue weighted by Gasteiger charge is -2.14. The van der Waals surface area contributed by atoms with Crippen molar-refractivity contribution in [2.75, 3.05) is 0 Å². The quantitative estimate of drug-likeness (QED) is 0.746. The van der Waals surface area contributed by atoms with E-state index in [0.717, 1.165) is 34.5 Å². The van der Waals surface area contributed by atoms with Crippen LogP contribution in [-0.2, 0) is 6.42 Å². The lowest BCUT2D eigenvalue weighted by atomic mass is 9.99. The van der Waals surface area contributed by atoms with Gasteiger partial charge in [-0.15, -0.1) is 0 Å². The fraction of sp³-hybridized carbons (Fsp3) is 0.286. The molecule has 1 aromatic heterocycles. The van der Waals surface area contributed by atoms with Crippen molar-refractivity contribution >= 4 is 0 Å².